The fourth-order valence-corrected chi connectivity index (χ4v) is 4.66. The van der Waals surface area contributed by atoms with E-state index in [2.05, 4.69) is 10.3 Å². The van der Waals surface area contributed by atoms with Crippen molar-refractivity contribution in [3.05, 3.63) is 101 Å². The number of fused-ring (bicyclic) bond motifs is 1. The highest BCUT2D eigenvalue weighted by atomic mass is 16.3. The number of benzene rings is 3. The van der Waals surface area contributed by atoms with Crippen molar-refractivity contribution in [2.45, 2.75) is 12.6 Å². The first kappa shape index (κ1) is 20.1. The molecule has 1 atom stereocenters. The molecule has 34 heavy (non-hydrogen) atoms. The number of carbonyl (C=O) groups is 2. The summed E-state index contributed by atoms with van der Waals surface area (Å²) in [4.78, 5) is 37.3. The number of aliphatic imine (C=N–C) groups is 1. The second-order valence-corrected chi connectivity index (χ2v) is 8.38. The van der Waals surface area contributed by atoms with Crippen molar-refractivity contribution in [3.8, 4) is 5.75 Å². The van der Waals surface area contributed by atoms with Gasteiger partial charge in [-0.2, -0.15) is 0 Å². The van der Waals surface area contributed by atoms with Crippen LogP contribution in [-0.4, -0.2) is 40.3 Å². The van der Waals surface area contributed by atoms with E-state index in [0.29, 0.717) is 24.2 Å². The molecule has 0 aliphatic carbocycles. The zero-order chi connectivity index (χ0) is 23.2. The number of phenolic OH excluding ortho intramolecular Hbond substituents is 1. The van der Waals surface area contributed by atoms with Crippen LogP contribution < -0.4 is 10.2 Å². The van der Waals surface area contributed by atoms with Crippen molar-refractivity contribution >= 4 is 34.0 Å². The Hall–Kier alpha value is -4.52. The highest BCUT2D eigenvalue weighted by molar-refractivity contribution is 6.21. The van der Waals surface area contributed by atoms with E-state index in [0.717, 1.165) is 27.6 Å². The Kier molecular flexibility index (Phi) is 4.62. The summed E-state index contributed by atoms with van der Waals surface area (Å²) in [6.07, 6.45) is 1.14. The SMILES string of the molecule is O=C(N[C@@H]1N=C(c2ccccc2)c2cc(O)cc3c2N(CC3)C1=O)c1cc2ccccc2cn1. The maximum absolute atomic E-state index is 13.5. The van der Waals surface area contributed by atoms with Crippen LogP contribution in [0.25, 0.3) is 10.8 Å². The Morgan fingerprint density at radius 1 is 1.00 bits per heavy atom. The van der Waals surface area contributed by atoms with Crippen molar-refractivity contribution in [2.24, 2.45) is 4.99 Å². The molecule has 7 heteroatoms. The molecule has 3 aromatic carbocycles. The van der Waals surface area contributed by atoms with Gasteiger partial charge in [0.15, 0.2) is 0 Å². The molecule has 7 nitrogen and oxygen atoms in total. The number of amides is 2. The van der Waals surface area contributed by atoms with E-state index in [1.54, 1.807) is 29.3 Å². The Bertz CT molecular complexity index is 1500. The van der Waals surface area contributed by atoms with Crippen LogP contribution in [-0.2, 0) is 11.2 Å². The molecule has 0 saturated heterocycles. The number of anilines is 1. The van der Waals surface area contributed by atoms with Crippen LogP contribution in [0, 0.1) is 0 Å². The number of aromatic nitrogens is 1. The quantitative estimate of drug-likeness (QED) is 0.502. The van der Waals surface area contributed by atoms with Gasteiger partial charge in [0, 0.05) is 29.3 Å². The Balaban J connectivity index is 1.44. The predicted octanol–water partition coefficient (Wildman–Crippen LogP) is 3.44. The molecule has 0 saturated carbocycles. The third-order valence-corrected chi connectivity index (χ3v) is 6.24. The van der Waals surface area contributed by atoms with Crippen LogP contribution in [0.2, 0.25) is 0 Å². The van der Waals surface area contributed by atoms with Gasteiger partial charge in [-0.05, 0) is 35.6 Å². The topological polar surface area (TPSA) is 94.9 Å². The van der Waals surface area contributed by atoms with E-state index in [9.17, 15) is 14.7 Å². The molecule has 6 rings (SSSR count). The molecule has 1 aromatic heterocycles. The smallest absolute Gasteiger partial charge is 0.272 e. The van der Waals surface area contributed by atoms with Crippen LogP contribution in [0.15, 0.2) is 84.0 Å². The lowest BCUT2D eigenvalue weighted by molar-refractivity contribution is -0.120. The predicted molar refractivity (Wildman–Crippen MR) is 129 cm³/mol. The second kappa shape index (κ2) is 7.81. The summed E-state index contributed by atoms with van der Waals surface area (Å²) in [7, 11) is 0. The van der Waals surface area contributed by atoms with Crippen LogP contribution in [0.1, 0.15) is 27.2 Å². The van der Waals surface area contributed by atoms with Gasteiger partial charge in [0.05, 0.1) is 11.4 Å². The lowest BCUT2D eigenvalue weighted by Gasteiger charge is -2.21. The standard InChI is InChI=1S/C27H20N4O3/c32-20-12-18-10-11-31-24(18)21(14-20)23(16-6-2-1-3-7-16)29-25(27(31)34)30-26(33)22-13-17-8-4-5-9-19(17)15-28-22/h1-9,12-15,25,32H,10-11H2,(H,30,33)/t25-/m0/s1. The lowest BCUT2D eigenvalue weighted by atomic mass is 9.97. The summed E-state index contributed by atoms with van der Waals surface area (Å²) < 4.78 is 0. The maximum atomic E-state index is 13.5. The lowest BCUT2D eigenvalue weighted by Crippen LogP contribution is -2.47. The fraction of sp³-hybridized carbons (Fsp3) is 0.111. The Morgan fingerprint density at radius 3 is 2.59 bits per heavy atom. The van der Waals surface area contributed by atoms with Gasteiger partial charge >= 0.3 is 0 Å². The van der Waals surface area contributed by atoms with Crippen molar-refractivity contribution in [3.63, 3.8) is 0 Å². The molecule has 2 aliphatic rings. The number of phenols is 1. The number of rotatable bonds is 3. The van der Waals surface area contributed by atoms with E-state index < -0.39 is 12.1 Å². The third kappa shape index (κ3) is 3.29. The van der Waals surface area contributed by atoms with Gasteiger partial charge < -0.3 is 15.3 Å². The Labute approximate surface area is 195 Å². The maximum Gasteiger partial charge on any atom is 0.272 e. The zero-order valence-corrected chi connectivity index (χ0v) is 18.1. The van der Waals surface area contributed by atoms with Crippen molar-refractivity contribution < 1.29 is 14.7 Å². The first-order valence-electron chi connectivity index (χ1n) is 11.0. The van der Waals surface area contributed by atoms with Gasteiger partial charge in [-0.1, -0.05) is 54.6 Å². The molecular formula is C27H20N4O3. The number of nitrogens with one attached hydrogen (secondary N) is 1. The first-order valence-corrected chi connectivity index (χ1v) is 11.0. The first-order chi connectivity index (χ1) is 16.6. The van der Waals surface area contributed by atoms with Crippen molar-refractivity contribution in [1.82, 2.24) is 10.3 Å². The molecule has 0 fully saturated rings. The number of carbonyl (C=O) groups excluding carboxylic acids is 2. The van der Waals surface area contributed by atoms with Crippen molar-refractivity contribution in [1.29, 1.82) is 0 Å². The molecule has 2 N–H and O–H groups in total. The summed E-state index contributed by atoms with van der Waals surface area (Å²) in [6.45, 7) is 0.461. The van der Waals surface area contributed by atoms with Gasteiger partial charge in [0.1, 0.15) is 11.4 Å². The molecular weight excluding hydrogens is 428 g/mol. The van der Waals surface area contributed by atoms with Gasteiger partial charge in [-0.25, -0.2) is 4.99 Å². The zero-order valence-electron chi connectivity index (χ0n) is 18.1. The van der Waals surface area contributed by atoms with Gasteiger partial charge in [-0.15, -0.1) is 0 Å². The number of nitrogens with zero attached hydrogens (tertiary/aromatic N) is 3. The van der Waals surface area contributed by atoms with E-state index in [4.69, 9.17) is 4.99 Å². The average molecular weight is 448 g/mol. The summed E-state index contributed by atoms with van der Waals surface area (Å²) >= 11 is 0. The molecule has 0 unspecified atom stereocenters. The number of hydrogen-bond acceptors (Lipinski definition) is 5. The summed E-state index contributed by atoms with van der Waals surface area (Å²) in [6, 6.07) is 22.1. The highest BCUT2D eigenvalue weighted by Crippen LogP contribution is 2.38. The summed E-state index contributed by atoms with van der Waals surface area (Å²) in [5.41, 5.74) is 3.85. The van der Waals surface area contributed by atoms with Gasteiger partial charge in [0.25, 0.3) is 11.8 Å². The fourth-order valence-electron chi connectivity index (χ4n) is 4.66. The van der Waals surface area contributed by atoms with Crippen LogP contribution >= 0.6 is 0 Å². The van der Waals surface area contributed by atoms with Crippen LogP contribution in [0.4, 0.5) is 5.69 Å². The molecule has 2 aliphatic heterocycles. The summed E-state index contributed by atoms with van der Waals surface area (Å²) in [5, 5.41) is 14.9. The molecule has 0 radical (unpaired) electrons. The second-order valence-electron chi connectivity index (χ2n) is 8.38. The molecule has 0 bridgehead atoms. The minimum atomic E-state index is -1.13. The van der Waals surface area contributed by atoms with E-state index in [1.165, 1.54) is 0 Å². The Morgan fingerprint density at radius 2 is 1.76 bits per heavy atom. The van der Waals surface area contributed by atoms with Crippen LogP contribution in [0.3, 0.4) is 0 Å². The number of pyridine rings is 1. The number of aromatic hydroxyl groups is 1. The number of hydrogen-bond donors (Lipinski definition) is 2. The van der Waals surface area contributed by atoms with E-state index in [-0.39, 0.29) is 17.4 Å². The van der Waals surface area contributed by atoms with Crippen molar-refractivity contribution in [2.75, 3.05) is 11.4 Å². The minimum absolute atomic E-state index is 0.120. The third-order valence-electron chi connectivity index (χ3n) is 6.24. The van der Waals surface area contributed by atoms with Gasteiger partial charge in [-0.3, -0.25) is 14.6 Å². The largest absolute Gasteiger partial charge is 0.508 e. The van der Waals surface area contributed by atoms with E-state index >= 15 is 0 Å². The molecule has 166 valence electrons. The van der Waals surface area contributed by atoms with E-state index in [1.807, 2.05) is 54.6 Å². The average Bonchev–Trinajstić information content (AvgIpc) is 3.25. The van der Waals surface area contributed by atoms with Gasteiger partial charge in [0.2, 0.25) is 6.17 Å². The minimum Gasteiger partial charge on any atom is -0.508 e. The molecule has 3 heterocycles. The monoisotopic (exact) mass is 448 g/mol. The molecule has 4 aromatic rings. The highest BCUT2D eigenvalue weighted by Gasteiger charge is 2.37. The summed E-state index contributed by atoms with van der Waals surface area (Å²) in [5.74, 6) is -0.672. The molecule has 0 spiro atoms. The van der Waals surface area contributed by atoms with Crippen LogP contribution in [0.5, 0.6) is 5.75 Å². The molecule has 2 amide bonds. The normalized spacial score (nSPS) is 16.7.